The van der Waals surface area contributed by atoms with Crippen molar-refractivity contribution in [2.45, 2.75) is 27.4 Å². The number of anilines is 1. The zero-order valence-electron chi connectivity index (χ0n) is 12.0. The zero-order valence-corrected chi connectivity index (χ0v) is 12.9. The molecule has 0 amide bonds. The van der Waals surface area contributed by atoms with E-state index in [1.807, 2.05) is 13.8 Å². The monoisotopic (exact) mass is 308 g/mol. The van der Waals surface area contributed by atoms with E-state index in [2.05, 4.69) is 14.9 Å². The first kappa shape index (κ1) is 15.2. The molecule has 0 bridgehead atoms. The first-order valence-corrected chi connectivity index (χ1v) is 7.23. The van der Waals surface area contributed by atoms with Crippen LogP contribution in [0.5, 0.6) is 5.75 Å². The largest absolute Gasteiger partial charge is 0.487 e. The number of ether oxygens (including phenoxy) is 1. The fraction of sp³-hybridized carbons (Fsp3) is 0.385. The van der Waals surface area contributed by atoms with E-state index < -0.39 is 4.92 Å². The number of hydrogen-bond acceptors (Lipinski definition) is 7. The number of aromatic nitrogens is 2. The standard InChI is InChI=1S/C13H16N4O3S/c1-4-14-13-10(15-16-21-13)7-20-12-6-11(17(18)19)8(2)5-9(12)3/h5-6,14H,4,7H2,1-3H3. The summed E-state index contributed by atoms with van der Waals surface area (Å²) in [6.07, 6.45) is 0. The molecule has 112 valence electrons. The summed E-state index contributed by atoms with van der Waals surface area (Å²) in [6, 6.07) is 3.20. The molecule has 0 radical (unpaired) electrons. The lowest BCUT2D eigenvalue weighted by Crippen LogP contribution is -2.03. The molecule has 1 heterocycles. The van der Waals surface area contributed by atoms with Gasteiger partial charge in [-0.1, -0.05) is 4.49 Å². The molecule has 0 aliphatic rings. The normalized spacial score (nSPS) is 10.4. The first-order chi connectivity index (χ1) is 10.0. The first-order valence-electron chi connectivity index (χ1n) is 6.46. The maximum Gasteiger partial charge on any atom is 0.276 e. The van der Waals surface area contributed by atoms with Gasteiger partial charge in [0.05, 0.1) is 11.0 Å². The van der Waals surface area contributed by atoms with E-state index in [1.54, 1.807) is 13.0 Å². The van der Waals surface area contributed by atoms with Crippen molar-refractivity contribution < 1.29 is 9.66 Å². The van der Waals surface area contributed by atoms with Crippen LogP contribution < -0.4 is 10.1 Å². The third-order valence-corrected chi connectivity index (χ3v) is 3.67. The van der Waals surface area contributed by atoms with Gasteiger partial charge in [0.15, 0.2) is 0 Å². The van der Waals surface area contributed by atoms with E-state index in [1.165, 1.54) is 17.6 Å². The lowest BCUT2D eigenvalue weighted by molar-refractivity contribution is -0.385. The van der Waals surface area contributed by atoms with Crippen molar-refractivity contribution in [2.24, 2.45) is 0 Å². The van der Waals surface area contributed by atoms with E-state index in [9.17, 15) is 10.1 Å². The van der Waals surface area contributed by atoms with Gasteiger partial charge in [-0.05, 0) is 32.4 Å². The second-order valence-electron chi connectivity index (χ2n) is 4.53. The molecule has 7 nitrogen and oxygen atoms in total. The Morgan fingerprint density at radius 1 is 1.38 bits per heavy atom. The molecule has 0 atom stereocenters. The molecule has 1 aromatic carbocycles. The Bertz CT molecular complexity index is 657. The minimum Gasteiger partial charge on any atom is -0.487 e. The van der Waals surface area contributed by atoms with Crippen LogP contribution >= 0.6 is 11.5 Å². The second kappa shape index (κ2) is 6.49. The highest BCUT2D eigenvalue weighted by atomic mass is 32.1. The van der Waals surface area contributed by atoms with Gasteiger partial charge >= 0.3 is 0 Å². The van der Waals surface area contributed by atoms with Gasteiger partial charge in [0.25, 0.3) is 5.69 Å². The van der Waals surface area contributed by atoms with Crippen molar-refractivity contribution in [2.75, 3.05) is 11.9 Å². The minimum absolute atomic E-state index is 0.0545. The predicted molar refractivity (Wildman–Crippen MR) is 81.0 cm³/mol. The van der Waals surface area contributed by atoms with Gasteiger partial charge in [-0.3, -0.25) is 10.1 Å². The molecule has 0 spiro atoms. The zero-order chi connectivity index (χ0) is 15.4. The van der Waals surface area contributed by atoms with Crippen molar-refractivity contribution in [1.82, 2.24) is 9.59 Å². The third kappa shape index (κ3) is 3.46. The molecule has 0 aliphatic heterocycles. The number of hydrogen-bond donors (Lipinski definition) is 1. The molecule has 1 aromatic heterocycles. The van der Waals surface area contributed by atoms with Crippen molar-refractivity contribution in [3.63, 3.8) is 0 Å². The van der Waals surface area contributed by atoms with Crippen LogP contribution in [0.25, 0.3) is 0 Å². The van der Waals surface area contributed by atoms with Crippen molar-refractivity contribution in [3.8, 4) is 5.75 Å². The highest BCUT2D eigenvalue weighted by Crippen LogP contribution is 2.29. The average Bonchev–Trinajstić information content (AvgIpc) is 2.85. The molecule has 0 saturated heterocycles. The molecule has 0 fully saturated rings. The van der Waals surface area contributed by atoms with E-state index in [-0.39, 0.29) is 12.3 Å². The van der Waals surface area contributed by atoms with Crippen LogP contribution in [0, 0.1) is 24.0 Å². The van der Waals surface area contributed by atoms with Gasteiger partial charge in [-0.2, -0.15) is 0 Å². The number of nitro groups is 1. The van der Waals surface area contributed by atoms with Crippen LogP contribution in [0.4, 0.5) is 10.7 Å². The summed E-state index contributed by atoms with van der Waals surface area (Å²) in [5, 5.41) is 19.0. The molecule has 0 aliphatic carbocycles. The van der Waals surface area contributed by atoms with Crippen LogP contribution in [-0.2, 0) is 6.61 Å². The summed E-state index contributed by atoms with van der Waals surface area (Å²) < 4.78 is 9.55. The van der Waals surface area contributed by atoms with E-state index >= 15 is 0 Å². The Morgan fingerprint density at radius 3 is 2.81 bits per heavy atom. The Balaban J connectivity index is 2.18. The van der Waals surface area contributed by atoms with Gasteiger partial charge < -0.3 is 10.1 Å². The number of nitro benzene ring substituents is 1. The molecular weight excluding hydrogens is 292 g/mol. The van der Waals surface area contributed by atoms with Crippen molar-refractivity contribution >= 4 is 22.2 Å². The van der Waals surface area contributed by atoms with Gasteiger partial charge in [0.1, 0.15) is 23.1 Å². The van der Waals surface area contributed by atoms with E-state index in [0.29, 0.717) is 17.0 Å². The van der Waals surface area contributed by atoms with Gasteiger partial charge in [-0.15, -0.1) is 5.10 Å². The smallest absolute Gasteiger partial charge is 0.276 e. The maximum atomic E-state index is 11.0. The highest BCUT2D eigenvalue weighted by molar-refractivity contribution is 7.10. The number of aryl methyl sites for hydroxylation is 2. The summed E-state index contributed by atoms with van der Waals surface area (Å²) in [4.78, 5) is 10.6. The Morgan fingerprint density at radius 2 is 2.14 bits per heavy atom. The molecular formula is C13H16N4O3S. The Hall–Kier alpha value is -2.22. The topological polar surface area (TPSA) is 90.2 Å². The average molecular weight is 308 g/mol. The molecule has 1 N–H and O–H groups in total. The quantitative estimate of drug-likeness (QED) is 0.651. The van der Waals surface area contributed by atoms with Gasteiger partial charge in [0, 0.05) is 23.6 Å². The summed E-state index contributed by atoms with van der Waals surface area (Å²) in [5.74, 6) is 0.489. The lowest BCUT2D eigenvalue weighted by Gasteiger charge is -2.10. The summed E-state index contributed by atoms with van der Waals surface area (Å²) in [6.45, 7) is 6.54. The summed E-state index contributed by atoms with van der Waals surface area (Å²) >= 11 is 1.26. The van der Waals surface area contributed by atoms with Crippen LogP contribution in [0.2, 0.25) is 0 Å². The molecule has 8 heteroatoms. The number of nitrogens with zero attached hydrogens (tertiary/aromatic N) is 3. The predicted octanol–water partition coefficient (Wildman–Crippen LogP) is 3.07. The highest BCUT2D eigenvalue weighted by Gasteiger charge is 2.15. The van der Waals surface area contributed by atoms with Crippen LogP contribution in [0.1, 0.15) is 23.7 Å². The molecule has 2 rings (SSSR count). The maximum absolute atomic E-state index is 11.0. The molecule has 0 unspecified atom stereocenters. The number of rotatable bonds is 6. The second-order valence-corrected chi connectivity index (χ2v) is 5.28. The lowest BCUT2D eigenvalue weighted by atomic mass is 10.1. The van der Waals surface area contributed by atoms with Gasteiger partial charge in [-0.25, -0.2) is 0 Å². The summed E-state index contributed by atoms with van der Waals surface area (Å²) in [5.41, 5.74) is 2.23. The van der Waals surface area contributed by atoms with Crippen LogP contribution in [-0.4, -0.2) is 21.1 Å². The van der Waals surface area contributed by atoms with Gasteiger partial charge in [0.2, 0.25) is 0 Å². The fourth-order valence-corrected chi connectivity index (χ4v) is 2.55. The fourth-order valence-electron chi connectivity index (χ4n) is 1.92. The Labute approximate surface area is 126 Å². The third-order valence-electron chi connectivity index (χ3n) is 2.95. The van der Waals surface area contributed by atoms with Crippen LogP contribution in [0.15, 0.2) is 12.1 Å². The number of nitrogens with one attached hydrogen (secondary N) is 1. The molecule has 0 saturated carbocycles. The van der Waals surface area contributed by atoms with E-state index in [4.69, 9.17) is 4.74 Å². The van der Waals surface area contributed by atoms with E-state index in [0.717, 1.165) is 17.1 Å². The summed E-state index contributed by atoms with van der Waals surface area (Å²) in [7, 11) is 0. The molecule has 2 aromatic rings. The number of benzene rings is 1. The van der Waals surface area contributed by atoms with Crippen LogP contribution in [0.3, 0.4) is 0 Å². The SMILES string of the molecule is CCNc1snnc1COc1cc([N+](=O)[O-])c(C)cc1C. The minimum atomic E-state index is -0.407. The molecule has 21 heavy (non-hydrogen) atoms. The Kier molecular flexibility index (Phi) is 4.69. The van der Waals surface area contributed by atoms with Crippen molar-refractivity contribution in [3.05, 3.63) is 39.1 Å². The van der Waals surface area contributed by atoms with Crippen molar-refractivity contribution in [1.29, 1.82) is 0 Å².